The molecule has 1 aromatic heterocycles. The summed E-state index contributed by atoms with van der Waals surface area (Å²) < 4.78 is 1.10. The molecule has 0 radical (unpaired) electrons. The van der Waals surface area contributed by atoms with Gasteiger partial charge in [-0.3, -0.25) is 10.1 Å². The molecule has 92 valence electrons. The van der Waals surface area contributed by atoms with Crippen molar-refractivity contribution in [3.05, 3.63) is 51.3 Å². The summed E-state index contributed by atoms with van der Waals surface area (Å²) in [6.45, 7) is 0. The first-order valence-corrected chi connectivity index (χ1v) is 5.10. The van der Waals surface area contributed by atoms with Gasteiger partial charge in [-0.2, -0.15) is 5.10 Å². The summed E-state index contributed by atoms with van der Waals surface area (Å²) in [6, 6.07) is 5.20. The topological polar surface area (TPSA) is 98.3 Å². The van der Waals surface area contributed by atoms with Crippen LogP contribution in [0.5, 0.6) is 0 Å². The minimum absolute atomic E-state index is 0.111. The van der Waals surface area contributed by atoms with E-state index in [0.29, 0.717) is 5.02 Å². The second-order valence-corrected chi connectivity index (χ2v) is 3.78. The number of carbonyl (C=O) groups is 1. The van der Waals surface area contributed by atoms with Crippen molar-refractivity contribution < 1.29 is 14.8 Å². The van der Waals surface area contributed by atoms with E-state index in [-0.39, 0.29) is 17.1 Å². The second-order valence-electron chi connectivity index (χ2n) is 3.34. The number of carboxylic acid groups (broad SMARTS) is 1. The number of hydrogen-bond acceptors (Lipinski definition) is 4. The fourth-order valence-corrected chi connectivity index (χ4v) is 1.57. The maximum absolute atomic E-state index is 10.9. The average Bonchev–Trinajstić information content (AvgIpc) is 2.77. The molecular formula is C10H6ClN3O4. The lowest BCUT2D eigenvalue weighted by Gasteiger charge is -2.03. The lowest BCUT2D eigenvalue weighted by Crippen LogP contribution is -2.03. The number of aromatic carboxylic acids is 1. The Morgan fingerprint density at radius 1 is 1.44 bits per heavy atom. The molecule has 0 amide bonds. The van der Waals surface area contributed by atoms with Crippen LogP contribution >= 0.6 is 11.6 Å². The number of hydrogen-bond donors (Lipinski definition) is 1. The molecule has 2 aromatic rings. The number of carboxylic acids is 1. The van der Waals surface area contributed by atoms with E-state index < -0.39 is 10.9 Å². The van der Waals surface area contributed by atoms with Crippen LogP contribution in [0.25, 0.3) is 5.69 Å². The third-order valence-corrected chi connectivity index (χ3v) is 2.42. The van der Waals surface area contributed by atoms with Gasteiger partial charge in [0.05, 0.1) is 4.92 Å². The van der Waals surface area contributed by atoms with E-state index in [1.165, 1.54) is 30.5 Å². The lowest BCUT2D eigenvalue weighted by atomic mass is 10.3. The van der Waals surface area contributed by atoms with Crippen molar-refractivity contribution >= 4 is 23.3 Å². The van der Waals surface area contributed by atoms with Crippen LogP contribution < -0.4 is 0 Å². The zero-order valence-corrected chi connectivity index (χ0v) is 9.53. The highest BCUT2D eigenvalue weighted by Gasteiger charge is 2.17. The summed E-state index contributed by atoms with van der Waals surface area (Å²) in [6.07, 6.45) is 1.32. The molecule has 1 aromatic carbocycles. The average molecular weight is 268 g/mol. The molecule has 8 heteroatoms. The Morgan fingerprint density at radius 3 is 2.72 bits per heavy atom. The number of nitro benzene ring substituents is 1. The molecule has 0 aliphatic carbocycles. The van der Waals surface area contributed by atoms with Gasteiger partial charge in [0.2, 0.25) is 0 Å². The van der Waals surface area contributed by atoms with Crippen LogP contribution in [0.1, 0.15) is 10.5 Å². The molecule has 18 heavy (non-hydrogen) atoms. The van der Waals surface area contributed by atoms with Gasteiger partial charge in [0.1, 0.15) is 5.69 Å². The zero-order chi connectivity index (χ0) is 13.3. The summed E-state index contributed by atoms with van der Waals surface area (Å²) in [5.41, 5.74) is -0.302. The lowest BCUT2D eigenvalue weighted by molar-refractivity contribution is -0.384. The highest BCUT2D eigenvalue weighted by molar-refractivity contribution is 6.30. The number of nitrogens with zero attached hydrogens (tertiary/aromatic N) is 3. The van der Waals surface area contributed by atoms with Gasteiger partial charge in [0, 0.05) is 17.3 Å². The van der Waals surface area contributed by atoms with Crippen molar-refractivity contribution in [1.82, 2.24) is 9.78 Å². The van der Waals surface area contributed by atoms with Crippen LogP contribution in [0.2, 0.25) is 5.02 Å². The van der Waals surface area contributed by atoms with Crippen molar-refractivity contribution in [3.63, 3.8) is 0 Å². The van der Waals surface area contributed by atoms with E-state index in [1.807, 2.05) is 0 Å². The van der Waals surface area contributed by atoms with Crippen molar-refractivity contribution in [1.29, 1.82) is 0 Å². The van der Waals surface area contributed by atoms with Crippen LogP contribution in [0.15, 0.2) is 30.5 Å². The smallest absolute Gasteiger partial charge is 0.356 e. The standard InChI is InChI=1S/C10H6ClN3O4/c11-6-1-2-8(14(17)18)9(5-6)13-4-3-7(12-13)10(15)16/h1-5H,(H,15,16). The van der Waals surface area contributed by atoms with E-state index in [2.05, 4.69) is 5.10 Å². The quantitative estimate of drug-likeness (QED) is 0.678. The number of aromatic nitrogens is 2. The third kappa shape index (κ3) is 2.16. The van der Waals surface area contributed by atoms with Crippen molar-refractivity contribution in [2.75, 3.05) is 0 Å². The number of halogens is 1. The molecule has 2 rings (SSSR count). The maximum atomic E-state index is 10.9. The van der Waals surface area contributed by atoms with Crippen LogP contribution in [0.4, 0.5) is 5.69 Å². The van der Waals surface area contributed by atoms with E-state index in [1.54, 1.807) is 0 Å². The number of rotatable bonds is 3. The predicted octanol–water partition coefficient (Wildman–Crippen LogP) is 2.13. The molecule has 0 saturated heterocycles. The summed E-state index contributed by atoms with van der Waals surface area (Å²) in [5, 5.41) is 23.6. The molecule has 0 spiro atoms. The first-order valence-electron chi connectivity index (χ1n) is 4.72. The number of nitro groups is 1. The van der Waals surface area contributed by atoms with Crippen molar-refractivity contribution in [2.45, 2.75) is 0 Å². The summed E-state index contributed by atoms with van der Waals surface area (Å²) in [5.74, 6) is -1.21. The molecule has 7 nitrogen and oxygen atoms in total. The molecule has 0 unspecified atom stereocenters. The molecule has 0 saturated carbocycles. The van der Waals surface area contributed by atoms with E-state index >= 15 is 0 Å². The van der Waals surface area contributed by atoms with E-state index in [0.717, 1.165) is 4.68 Å². The van der Waals surface area contributed by atoms with Gasteiger partial charge in [-0.25, -0.2) is 9.48 Å². The first-order chi connectivity index (χ1) is 8.49. The Morgan fingerprint density at radius 2 is 2.17 bits per heavy atom. The predicted molar refractivity (Wildman–Crippen MR) is 62.2 cm³/mol. The number of benzene rings is 1. The molecule has 0 atom stereocenters. The monoisotopic (exact) mass is 267 g/mol. The van der Waals surface area contributed by atoms with E-state index in [4.69, 9.17) is 16.7 Å². The Labute approximate surface area is 105 Å². The molecular weight excluding hydrogens is 262 g/mol. The fourth-order valence-electron chi connectivity index (χ4n) is 1.41. The Kier molecular flexibility index (Phi) is 2.99. The van der Waals surface area contributed by atoms with Crippen molar-refractivity contribution in [2.24, 2.45) is 0 Å². The fraction of sp³-hybridized carbons (Fsp3) is 0. The Hall–Kier alpha value is -2.41. The molecule has 0 fully saturated rings. The Bertz CT molecular complexity index is 638. The molecule has 0 bridgehead atoms. The van der Waals surface area contributed by atoms with Crippen LogP contribution in [0.3, 0.4) is 0 Å². The largest absolute Gasteiger partial charge is 0.476 e. The van der Waals surface area contributed by atoms with E-state index in [9.17, 15) is 14.9 Å². The van der Waals surface area contributed by atoms with Crippen LogP contribution in [-0.2, 0) is 0 Å². The zero-order valence-electron chi connectivity index (χ0n) is 8.78. The van der Waals surface area contributed by atoms with Gasteiger partial charge < -0.3 is 5.11 Å². The highest BCUT2D eigenvalue weighted by Crippen LogP contribution is 2.25. The maximum Gasteiger partial charge on any atom is 0.356 e. The van der Waals surface area contributed by atoms with Gasteiger partial charge in [0.25, 0.3) is 5.69 Å². The Balaban J connectivity index is 2.57. The first kappa shape index (κ1) is 12.1. The van der Waals surface area contributed by atoms with Gasteiger partial charge in [-0.05, 0) is 18.2 Å². The summed E-state index contributed by atoms with van der Waals surface area (Å²) in [7, 11) is 0. The minimum Gasteiger partial charge on any atom is -0.476 e. The normalized spacial score (nSPS) is 10.3. The molecule has 0 aliphatic heterocycles. The molecule has 0 aliphatic rings. The summed E-state index contributed by atoms with van der Waals surface area (Å²) in [4.78, 5) is 21.0. The van der Waals surface area contributed by atoms with Gasteiger partial charge in [0.15, 0.2) is 5.69 Å². The SMILES string of the molecule is O=C(O)c1ccn(-c2cc(Cl)ccc2[N+](=O)[O-])n1. The van der Waals surface area contributed by atoms with Crippen molar-refractivity contribution in [3.8, 4) is 5.69 Å². The molecule has 1 heterocycles. The van der Waals surface area contributed by atoms with Gasteiger partial charge in [-0.1, -0.05) is 11.6 Å². The van der Waals surface area contributed by atoms with Crippen LogP contribution in [0, 0.1) is 10.1 Å². The summed E-state index contributed by atoms with van der Waals surface area (Å²) >= 11 is 5.76. The minimum atomic E-state index is -1.21. The molecule has 1 N–H and O–H groups in total. The third-order valence-electron chi connectivity index (χ3n) is 2.19. The second kappa shape index (κ2) is 4.46. The van der Waals surface area contributed by atoms with Crippen LogP contribution in [-0.4, -0.2) is 25.8 Å². The van der Waals surface area contributed by atoms with Gasteiger partial charge in [-0.15, -0.1) is 0 Å². The highest BCUT2D eigenvalue weighted by atomic mass is 35.5. The van der Waals surface area contributed by atoms with Gasteiger partial charge >= 0.3 is 5.97 Å².